The molecule has 0 aromatic carbocycles. The number of ether oxygens (including phenoxy) is 2. The normalized spacial score (nSPS) is 20.0. The molecule has 0 bridgehead atoms. The Balaban J connectivity index is 2.75. The van der Waals surface area contributed by atoms with E-state index in [9.17, 15) is 14.4 Å². The molecule has 5 heteroatoms. The van der Waals surface area contributed by atoms with Crippen molar-refractivity contribution in [2.75, 3.05) is 13.7 Å². The highest BCUT2D eigenvalue weighted by Crippen LogP contribution is 2.22. The van der Waals surface area contributed by atoms with E-state index >= 15 is 0 Å². The molecule has 0 aliphatic heterocycles. The van der Waals surface area contributed by atoms with Gasteiger partial charge in [-0.3, -0.25) is 9.59 Å². The molecule has 0 N–H and O–H groups in total. The summed E-state index contributed by atoms with van der Waals surface area (Å²) in [6.45, 7) is 1.73. The van der Waals surface area contributed by atoms with E-state index in [0.29, 0.717) is 12.8 Å². The summed E-state index contributed by atoms with van der Waals surface area (Å²) in [5.74, 6) is -2.97. The van der Waals surface area contributed by atoms with E-state index in [1.54, 1.807) is 13.0 Å². The standard InChI is InChI=1S/C11H14O5/c1-3-16-11(14)10(13)7-5-4-6-8(15-2)9(7)12/h6-7H,3-5H2,1-2H3. The predicted molar refractivity (Wildman–Crippen MR) is 54.5 cm³/mol. The molecule has 0 fully saturated rings. The average Bonchev–Trinajstić information content (AvgIpc) is 2.29. The summed E-state index contributed by atoms with van der Waals surface area (Å²) in [4.78, 5) is 34.5. The van der Waals surface area contributed by atoms with Crippen LogP contribution in [0.5, 0.6) is 0 Å². The molecule has 0 aromatic heterocycles. The van der Waals surface area contributed by atoms with Gasteiger partial charge in [-0.05, 0) is 25.8 Å². The summed E-state index contributed by atoms with van der Waals surface area (Å²) in [6.07, 6.45) is 2.51. The molecular formula is C11H14O5. The third kappa shape index (κ3) is 2.48. The summed E-state index contributed by atoms with van der Waals surface area (Å²) < 4.78 is 9.40. The fraction of sp³-hybridized carbons (Fsp3) is 0.545. The number of rotatable bonds is 4. The van der Waals surface area contributed by atoms with Crippen molar-refractivity contribution >= 4 is 17.5 Å². The molecule has 88 valence electrons. The second-order valence-corrected chi connectivity index (χ2v) is 3.35. The minimum Gasteiger partial charge on any atom is -0.493 e. The van der Waals surface area contributed by atoms with Crippen molar-refractivity contribution in [3.05, 3.63) is 11.8 Å². The Labute approximate surface area is 93.4 Å². The first-order chi connectivity index (χ1) is 7.61. The lowest BCUT2D eigenvalue weighted by Crippen LogP contribution is -2.34. The average molecular weight is 226 g/mol. The van der Waals surface area contributed by atoms with Crippen molar-refractivity contribution in [3.63, 3.8) is 0 Å². The highest BCUT2D eigenvalue weighted by atomic mass is 16.5. The van der Waals surface area contributed by atoms with E-state index in [0.717, 1.165) is 0 Å². The first-order valence-electron chi connectivity index (χ1n) is 5.11. The third-order valence-corrected chi connectivity index (χ3v) is 2.36. The Kier molecular flexibility index (Phi) is 4.22. The number of allylic oxidation sites excluding steroid dienone is 2. The number of hydrogen-bond acceptors (Lipinski definition) is 5. The fourth-order valence-corrected chi connectivity index (χ4v) is 1.56. The van der Waals surface area contributed by atoms with E-state index < -0.39 is 23.5 Å². The van der Waals surface area contributed by atoms with Gasteiger partial charge in [0.25, 0.3) is 5.78 Å². The van der Waals surface area contributed by atoms with Crippen LogP contribution in [-0.4, -0.2) is 31.3 Å². The highest BCUT2D eigenvalue weighted by molar-refractivity contribution is 6.39. The predicted octanol–water partition coefficient (Wildman–Crippen LogP) is 0.628. The molecule has 1 atom stereocenters. The molecule has 0 spiro atoms. The summed E-state index contributed by atoms with van der Waals surface area (Å²) in [5, 5.41) is 0. The molecule has 0 radical (unpaired) electrons. The number of esters is 1. The van der Waals surface area contributed by atoms with Crippen LogP contribution in [0.25, 0.3) is 0 Å². The zero-order valence-corrected chi connectivity index (χ0v) is 9.32. The largest absolute Gasteiger partial charge is 0.493 e. The van der Waals surface area contributed by atoms with Crippen molar-refractivity contribution in [3.8, 4) is 0 Å². The number of methoxy groups -OCH3 is 1. The molecule has 1 unspecified atom stereocenters. The maximum absolute atomic E-state index is 11.7. The maximum atomic E-state index is 11.7. The SMILES string of the molecule is CCOC(=O)C(=O)C1CCC=C(OC)C1=O. The highest BCUT2D eigenvalue weighted by Gasteiger charge is 2.36. The van der Waals surface area contributed by atoms with Crippen LogP contribution in [0.1, 0.15) is 19.8 Å². The summed E-state index contributed by atoms with van der Waals surface area (Å²) >= 11 is 0. The second-order valence-electron chi connectivity index (χ2n) is 3.35. The second kappa shape index (κ2) is 5.44. The van der Waals surface area contributed by atoms with Gasteiger partial charge in [0.15, 0.2) is 5.76 Å². The van der Waals surface area contributed by atoms with Crippen LogP contribution in [0.15, 0.2) is 11.8 Å². The van der Waals surface area contributed by atoms with Crippen LogP contribution >= 0.6 is 0 Å². The topological polar surface area (TPSA) is 69.7 Å². The van der Waals surface area contributed by atoms with Gasteiger partial charge in [0.2, 0.25) is 5.78 Å². The van der Waals surface area contributed by atoms with Crippen molar-refractivity contribution in [2.45, 2.75) is 19.8 Å². The monoisotopic (exact) mass is 226 g/mol. The molecule has 1 aliphatic rings. The van der Waals surface area contributed by atoms with Crippen molar-refractivity contribution in [1.82, 2.24) is 0 Å². The lowest BCUT2D eigenvalue weighted by atomic mass is 9.88. The van der Waals surface area contributed by atoms with Gasteiger partial charge in [-0.25, -0.2) is 4.79 Å². The van der Waals surface area contributed by atoms with Gasteiger partial charge in [0, 0.05) is 0 Å². The van der Waals surface area contributed by atoms with Crippen molar-refractivity contribution in [2.24, 2.45) is 5.92 Å². The van der Waals surface area contributed by atoms with Crippen LogP contribution in [0.2, 0.25) is 0 Å². The molecule has 5 nitrogen and oxygen atoms in total. The Morgan fingerprint density at radius 2 is 2.19 bits per heavy atom. The number of carbonyl (C=O) groups is 3. The van der Waals surface area contributed by atoms with E-state index in [-0.39, 0.29) is 12.4 Å². The van der Waals surface area contributed by atoms with Gasteiger partial charge in [-0.2, -0.15) is 0 Å². The van der Waals surface area contributed by atoms with Gasteiger partial charge in [0.1, 0.15) is 0 Å². The van der Waals surface area contributed by atoms with Gasteiger partial charge >= 0.3 is 5.97 Å². The number of carbonyl (C=O) groups excluding carboxylic acids is 3. The lowest BCUT2D eigenvalue weighted by molar-refractivity contribution is -0.157. The van der Waals surface area contributed by atoms with Crippen molar-refractivity contribution < 1.29 is 23.9 Å². The number of Topliss-reactive ketones (excluding diaryl/α,β-unsaturated/α-hetero) is 2. The zero-order chi connectivity index (χ0) is 12.1. The molecule has 16 heavy (non-hydrogen) atoms. The summed E-state index contributed by atoms with van der Waals surface area (Å²) in [7, 11) is 1.36. The molecule has 1 rings (SSSR count). The minimum absolute atomic E-state index is 0.123. The Hall–Kier alpha value is -1.65. The van der Waals surface area contributed by atoms with E-state index in [1.165, 1.54) is 7.11 Å². The van der Waals surface area contributed by atoms with E-state index in [4.69, 9.17) is 4.74 Å². The first-order valence-corrected chi connectivity index (χ1v) is 5.11. The van der Waals surface area contributed by atoms with Crippen LogP contribution in [0.4, 0.5) is 0 Å². The summed E-state index contributed by atoms with van der Waals surface area (Å²) in [6, 6.07) is 0. The Bertz CT molecular complexity index is 342. The smallest absolute Gasteiger partial charge is 0.375 e. The Morgan fingerprint density at radius 3 is 2.75 bits per heavy atom. The van der Waals surface area contributed by atoms with E-state index in [1.807, 2.05) is 0 Å². The molecule has 0 aromatic rings. The van der Waals surface area contributed by atoms with Gasteiger partial charge in [-0.1, -0.05) is 0 Å². The molecule has 1 aliphatic carbocycles. The third-order valence-electron chi connectivity index (χ3n) is 2.36. The minimum atomic E-state index is -0.946. The number of hydrogen-bond donors (Lipinski definition) is 0. The molecular weight excluding hydrogens is 212 g/mol. The molecule has 0 heterocycles. The lowest BCUT2D eigenvalue weighted by Gasteiger charge is -2.18. The van der Waals surface area contributed by atoms with Crippen LogP contribution < -0.4 is 0 Å². The quantitative estimate of drug-likeness (QED) is 0.399. The van der Waals surface area contributed by atoms with Crippen LogP contribution in [0.3, 0.4) is 0 Å². The number of ketones is 2. The van der Waals surface area contributed by atoms with Crippen molar-refractivity contribution in [1.29, 1.82) is 0 Å². The maximum Gasteiger partial charge on any atom is 0.375 e. The summed E-state index contributed by atoms with van der Waals surface area (Å²) in [5.41, 5.74) is 0. The van der Waals surface area contributed by atoms with Crippen LogP contribution in [0, 0.1) is 5.92 Å². The van der Waals surface area contributed by atoms with E-state index in [2.05, 4.69) is 4.74 Å². The first kappa shape index (κ1) is 12.4. The fourth-order valence-electron chi connectivity index (χ4n) is 1.56. The Morgan fingerprint density at radius 1 is 1.50 bits per heavy atom. The zero-order valence-electron chi connectivity index (χ0n) is 9.32. The molecule has 0 saturated carbocycles. The molecule has 0 amide bonds. The van der Waals surface area contributed by atoms with Gasteiger partial charge in [-0.15, -0.1) is 0 Å². The van der Waals surface area contributed by atoms with Gasteiger partial charge < -0.3 is 9.47 Å². The molecule has 0 saturated heterocycles. The van der Waals surface area contributed by atoms with Crippen LogP contribution in [-0.2, 0) is 23.9 Å². The van der Waals surface area contributed by atoms with Gasteiger partial charge in [0.05, 0.1) is 19.6 Å².